The van der Waals surface area contributed by atoms with Gasteiger partial charge < -0.3 is 15.2 Å². The first kappa shape index (κ1) is 17.0. The molecule has 1 saturated heterocycles. The van der Waals surface area contributed by atoms with E-state index in [2.05, 4.69) is 26.1 Å². The third-order valence-corrected chi connectivity index (χ3v) is 3.63. The number of ether oxygens (including phenoxy) is 1. The van der Waals surface area contributed by atoms with E-state index in [0.717, 1.165) is 6.42 Å². The van der Waals surface area contributed by atoms with Crippen molar-refractivity contribution in [1.82, 2.24) is 5.32 Å². The molecule has 0 spiro atoms. The summed E-state index contributed by atoms with van der Waals surface area (Å²) in [5.74, 6) is -0.899. The van der Waals surface area contributed by atoms with Crippen LogP contribution in [-0.4, -0.2) is 35.7 Å². The maximum absolute atomic E-state index is 12.1. The second-order valence-corrected chi connectivity index (χ2v) is 7.12. The Labute approximate surface area is 121 Å². The first-order chi connectivity index (χ1) is 9.15. The van der Waals surface area contributed by atoms with E-state index < -0.39 is 11.5 Å². The molecule has 1 atom stereocenters. The lowest BCUT2D eigenvalue weighted by atomic mass is 9.83. The fourth-order valence-corrected chi connectivity index (χ4v) is 2.86. The van der Waals surface area contributed by atoms with Crippen molar-refractivity contribution in [3.05, 3.63) is 0 Å². The molecule has 1 heterocycles. The Morgan fingerprint density at radius 1 is 1.30 bits per heavy atom. The predicted octanol–water partition coefficient (Wildman–Crippen LogP) is 2.20. The topological polar surface area (TPSA) is 75.6 Å². The summed E-state index contributed by atoms with van der Waals surface area (Å²) in [6.45, 7) is 9.20. The summed E-state index contributed by atoms with van der Waals surface area (Å²) in [4.78, 5) is 23.6. The Bertz CT molecular complexity index is 353. The molecule has 0 bridgehead atoms. The molecule has 1 rings (SSSR count). The van der Waals surface area contributed by atoms with Crippen LogP contribution in [0.2, 0.25) is 0 Å². The van der Waals surface area contributed by atoms with Crippen LogP contribution in [0.15, 0.2) is 0 Å². The lowest BCUT2D eigenvalue weighted by molar-refractivity contribution is -0.152. The van der Waals surface area contributed by atoms with Crippen molar-refractivity contribution in [2.24, 2.45) is 11.3 Å². The summed E-state index contributed by atoms with van der Waals surface area (Å²) in [5, 5.41) is 12.1. The molecular weight excluding hydrogens is 258 g/mol. The second kappa shape index (κ2) is 6.57. The van der Waals surface area contributed by atoms with Crippen molar-refractivity contribution < 1.29 is 19.4 Å². The monoisotopic (exact) mass is 285 g/mol. The normalized spacial score (nSPS) is 20.2. The minimum Gasteiger partial charge on any atom is -0.480 e. The van der Waals surface area contributed by atoms with Crippen molar-refractivity contribution in [1.29, 1.82) is 0 Å². The van der Waals surface area contributed by atoms with Crippen molar-refractivity contribution in [2.75, 3.05) is 13.2 Å². The highest BCUT2D eigenvalue weighted by Gasteiger charge is 2.41. The van der Waals surface area contributed by atoms with Crippen LogP contribution in [0.5, 0.6) is 0 Å². The molecule has 0 aromatic heterocycles. The summed E-state index contributed by atoms with van der Waals surface area (Å²) >= 11 is 0. The molecule has 0 radical (unpaired) electrons. The molecule has 1 fully saturated rings. The predicted molar refractivity (Wildman–Crippen MR) is 76.4 cm³/mol. The van der Waals surface area contributed by atoms with Crippen LogP contribution in [0.4, 0.5) is 0 Å². The molecule has 1 aliphatic heterocycles. The van der Waals surface area contributed by atoms with Crippen molar-refractivity contribution >= 4 is 11.9 Å². The SMILES string of the molecule is CC(CC(=O)NC1(C(=O)O)CCOCC1)CC(C)(C)C. The van der Waals surface area contributed by atoms with E-state index >= 15 is 0 Å². The Hall–Kier alpha value is -1.10. The largest absolute Gasteiger partial charge is 0.480 e. The molecular formula is C15H27NO4. The van der Waals surface area contributed by atoms with Gasteiger partial charge >= 0.3 is 5.97 Å². The number of hydrogen-bond donors (Lipinski definition) is 2. The Morgan fingerprint density at radius 2 is 1.85 bits per heavy atom. The van der Waals surface area contributed by atoms with Crippen LogP contribution in [0.1, 0.15) is 53.4 Å². The second-order valence-electron chi connectivity index (χ2n) is 7.12. The number of aliphatic carboxylic acids is 1. The summed E-state index contributed by atoms with van der Waals surface area (Å²) < 4.78 is 5.19. The van der Waals surface area contributed by atoms with Gasteiger partial charge in [0.25, 0.3) is 0 Å². The summed E-state index contributed by atoms with van der Waals surface area (Å²) in [6, 6.07) is 0. The molecule has 2 N–H and O–H groups in total. The molecule has 5 nitrogen and oxygen atoms in total. The number of rotatable bonds is 5. The zero-order chi connectivity index (χ0) is 15.4. The van der Waals surface area contributed by atoms with Gasteiger partial charge in [-0.05, 0) is 17.8 Å². The Kier molecular flexibility index (Phi) is 5.57. The van der Waals surface area contributed by atoms with E-state index in [4.69, 9.17) is 4.74 Å². The molecule has 5 heteroatoms. The van der Waals surface area contributed by atoms with Gasteiger partial charge in [-0.1, -0.05) is 27.7 Å². The van der Waals surface area contributed by atoms with Crippen molar-refractivity contribution in [3.63, 3.8) is 0 Å². The van der Waals surface area contributed by atoms with Gasteiger partial charge in [0, 0.05) is 32.5 Å². The van der Waals surface area contributed by atoms with Gasteiger partial charge in [0.2, 0.25) is 5.91 Å². The van der Waals surface area contributed by atoms with Gasteiger partial charge in [0.1, 0.15) is 5.54 Å². The number of carbonyl (C=O) groups is 2. The van der Waals surface area contributed by atoms with Crippen molar-refractivity contribution in [3.8, 4) is 0 Å². The van der Waals surface area contributed by atoms with E-state index in [1.54, 1.807) is 0 Å². The number of amides is 1. The molecule has 1 unspecified atom stereocenters. The Morgan fingerprint density at radius 3 is 2.30 bits per heavy atom. The van der Waals surface area contributed by atoms with Crippen LogP contribution in [0.3, 0.4) is 0 Å². The highest BCUT2D eigenvalue weighted by Crippen LogP contribution is 2.27. The van der Waals surface area contributed by atoms with Crippen LogP contribution < -0.4 is 5.32 Å². The molecule has 116 valence electrons. The first-order valence-corrected chi connectivity index (χ1v) is 7.27. The van der Waals surface area contributed by atoms with Crippen LogP contribution in [-0.2, 0) is 14.3 Å². The third-order valence-electron chi connectivity index (χ3n) is 3.63. The molecule has 0 aromatic rings. The van der Waals surface area contributed by atoms with Crippen molar-refractivity contribution in [2.45, 2.75) is 58.9 Å². The minimum absolute atomic E-state index is 0.170. The summed E-state index contributed by atoms with van der Waals surface area (Å²) in [7, 11) is 0. The number of carboxylic acids is 1. The van der Waals surface area contributed by atoms with Gasteiger partial charge in [-0.3, -0.25) is 4.79 Å². The fourth-order valence-electron chi connectivity index (χ4n) is 2.86. The smallest absolute Gasteiger partial charge is 0.329 e. The zero-order valence-electron chi connectivity index (χ0n) is 13.0. The highest BCUT2D eigenvalue weighted by molar-refractivity contribution is 5.87. The molecule has 1 amide bonds. The number of hydrogen-bond acceptors (Lipinski definition) is 3. The van der Waals surface area contributed by atoms with E-state index in [0.29, 0.717) is 32.5 Å². The van der Waals surface area contributed by atoms with Gasteiger partial charge in [0.05, 0.1) is 0 Å². The fraction of sp³-hybridized carbons (Fsp3) is 0.867. The average Bonchev–Trinajstić information content (AvgIpc) is 2.26. The molecule has 0 saturated carbocycles. The van der Waals surface area contributed by atoms with Gasteiger partial charge in [-0.25, -0.2) is 4.79 Å². The van der Waals surface area contributed by atoms with Gasteiger partial charge in [-0.2, -0.15) is 0 Å². The van der Waals surface area contributed by atoms with E-state index in [9.17, 15) is 14.7 Å². The van der Waals surface area contributed by atoms with Crippen LogP contribution in [0.25, 0.3) is 0 Å². The van der Waals surface area contributed by atoms with Crippen LogP contribution in [0, 0.1) is 11.3 Å². The third kappa shape index (κ3) is 5.12. The standard InChI is InChI=1S/C15H27NO4/c1-11(10-14(2,3)4)9-12(17)16-15(13(18)19)5-7-20-8-6-15/h11H,5-10H2,1-4H3,(H,16,17)(H,18,19). The first-order valence-electron chi connectivity index (χ1n) is 7.27. The summed E-state index contributed by atoms with van der Waals surface area (Å²) in [6.07, 6.45) is 1.97. The Balaban J connectivity index is 2.57. The van der Waals surface area contributed by atoms with E-state index in [1.807, 2.05) is 6.92 Å². The average molecular weight is 285 g/mol. The molecule has 20 heavy (non-hydrogen) atoms. The lowest BCUT2D eigenvalue weighted by Crippen LogP contribution is -2.57. The number of carbonyl (C=O) groups excluding carboxylic acids is 1. The number of carboxylic acid groups (broad SMARTS) is 1. The zero-order valence-corrected chi connectivity index (χ0v) is 13.0. The number of nitrogens with one attached hydrogen (secondary N) is 1. The lowest BCUT2D eigenvalue weighted by Gasteiger charge is -2.34. The maximum Gasteiger partial charge on any atom is 0.329 e. The minimum atomic E-state index is -1.14. The van der Waals surface area contributed by atoms with Gasteiger partial charge in [0.15, 0.2) is 0 Å². The molecule has 1 aliphatic rings. The van der Waals surface area contributed by atoms with Gasteiger partial charge in [-0.15, -0.1) is 0 Å². The van der Waals surface area contributed by atoms with E-state index in [-0.39, 0.29) is 17.2 Å². The van der Waals surface area contributed by atoms with Crippen LogP contribution >= 0.6 is 0 Å². The highest BCUT2D eigenvalue weighted by atomic mass is 16.5. The maximum atomic E-state index is 12.1. The molecule has 0 aromatic carbocycles. The molecule has 0 aliphatic carbocycles. The quantitative estimate of drug-likeness (QED) is 0.812. The van der Waals surface area contributed by atoms with E-state index in [1.165, 1.54) is 0 Å². The summed E-state index contributed by atoms with van der Waals surface area (Å²) in [5.41, 5.74) is -0.973.